The van der Waals surface area contributed by atoms with E-state index in [2.05, 4.69) is 0 Å². The molecule has 0 radical (unpaired) electrons. The predicted octanol–water partition coefficient (Wildman–Crippen LogP) is 1.40. The van der Waals surface area contributed by atoms with Gasteiger partial charge in [-0.2, -0.15) is 0 Å². The standard InChI is InChI=1S/C14H19NO5/c1-10(14(18)15(2)9-8-13(16)17)20-12-6-4-11(19-3)5-7-12/h4-7,10H,8-9H2,1-3H3,(H,16,17). The number of aliphatic carboxylic acids is 1. The van der Waals surface area contributed by atoms with Crippen molar-refractivity contribution in [1.82, 2.24) is 4.90 Å². The maximum absolute atomic E-state index is 12.0. The summed E-state index contributed by atoms with van der Waals surface area (Å²) in [5, 5.41) is 8.59. The molecule has 1 rings (SSSR count). The summed E-state index contributed by atoms with van der Waals surface area (Å²) in [4.78, 5) is 23.8. The van der Waals surface area contributed by atoms with Crippen LogP contribution in [0.4, 0.5) is 0 Å². The average Bonchev–Trinajstić information content (AvgIpc) is 2.44. The third-order valence-corrected chi connectivity index (χ3v) is 2.76. The summed E-state index contributed by atoms with van der Waals surface area (Å²) >= 11 is 0. The van der Waals surface area contributed by atoms with Crippen molar-refractivity contribution >= 4 is 11.9 Å². The minimum absolute atomic E-state index is 0.0858. The van der Waals surface area contributed by atoms with Crippen molar-refractivity contribution < 1.29 is 24.2 Å². The molecule has 0 bridgehead atoms. The van der Waals surface area contributed by atoms with Crippen molar-refractivity contribution in [3.63, 3.8) is 0 Å². The molecule has 6 heteroatoms. The maximum atomic E-state index is 12.0. The summed E-state index contributed by atoms with van der Waals surface area (Å²) in [6.07, 6.45) is -0.764. The molecular weight excluding hydrogens is 262 g/mol. The van der Waals surface area contributed by atoms with Gasteiger partial charge in [-0.05, 0) is 31.2 Å². The Labute approximate surface area is 117 Å². The highest BCUT2D eigenvalue weighted by atomic mass is 16.5. The van der Waals surface area contributed by atoms with Gasteiger partial charge in [-0.3, -0.25) is 9.59 Å². The van der Waals surface area contributed by atoms with Crippen molar-refractivity contribution in [1.29, 1.82) is 0 Å². The molecule has 110 valence electrons. The van der Waals surface area contributed by atoms with E-state index in [0.29, 0.717) is 11.5 Å². The number of carboxylic acids is 1. The highest BCUT2D eigenvalue weighted by Crippen LogP contribution is 2.18. The Bertz CT molecular complexity index is 457. The number of hydrogen-bond acceptors (Lipinski definition) is 4. The molecule has 0 aliphatic rings. The molecule has 1 aromatic carbocycles. The predicted molar refractivity (Wildman–Crippen MR) is 73.0 cm³/mol. The Morgan fingerprint density at radius 3 is 2.30 bits per heavy atom. The van der Waals surface area contributed by atoms with Crippen LogP contribution < -0.4 is 9.47 Å². The summed E-state index contributed by atoms with van der Waals surface area (Å²) in [6, 6.07) is 6.89. The second-order valence-electron chi connectivity index (χ2n) is 4.34. The normalized spacial score (nSPS) is 11.6. The number of ether oxygens (including phenoxy) is 2. The number of nitrogens with zero attached hydrogens (tertiary/aromatic N) is 1. The van der Waals surface area contributed by atoms with Gasteiger partial charge in [0.1, 0.15) is 11.5 Å². The van der Waals surface area contributed by atoms with Crippen molar-refractivity contribution in [2.45, 2.75) is 19.4 Å². The van der Waals surface area contributed by atoms with Crippen LogP contribution in [0.2, 0.25) is 0 Å². The van der Waals surface area contributed by atoms with Crippen LogP contribution in [0.15, 0.2) is 24.3 Å². The SMILES string of the molecule is COc1ccc(OC(C)C(=O)N(C)CCC(=O)O)cc1. The van der Waals surface area contributed by atoms with Crippen molar-refractivity contribution in [2.75, 3.05) is 20.7 Å². The Balaban J connectivity index is 2.53. The van der Waals surface area contributed by atoms with Gasteiger partial charge in [-0.15, -0.1) is 0 Å². The van der Waals surface area contributed by atoms with E-state index in [0.717, 1.165) is 0 Å². The second kappa shape index (κ2) is 7.37. The fourth-order valence-corrected chi connectivity index (χ4v) is 1.59. The summed E-state index contributed by atoms with van der Waals surface area (Å²) in [7, 11) is 3.12. The Hall–Kier alpha value is -2.24. The van der Waals surface area contributed by atoms with E-state index in [-0.39, 0.29) is 18.9 Å². The van der Waals surface area contributed by atoms with E-state index in [1.807, 2.05) is 0 Å². The molecule has 0 saturated carbocycles. The van der Waals surface area contributed by atoms with E-state index >= 15 is 0 Å². The zero-order valence-electron chi connectivity index (χ0n) is 11.8. The Kier molecular flexibility index (Phi) is 5.83. The molecule has 20 heavy (non-hydrogen) atoms. The van der Waals surface area contributed by atoms with Crippen LogP contribution in [0.25, 0.3) is 0 Å². The molecule has 0 spiro atoms. The van der Waals surface area contributed by atoms with Gasteiger partial charge < -0.3 is 19.5 Å². The lowest BCUT2D eigenvalue weighted by Gasteiger charge is -2.21. The van der Waals surface area contributed by atoms with Gasteiger partial charge in [0.25, 0.3) is 5.91 Å². The van der Waals surface area contributed by atoms with Crippen molar-refractivity contribution in [3.8, 4) is 11.5 Å². The van der Waals surface area contributed by atoms with Crippen LogP contribution >= 0.6 is 0 Å². The third-order valence-electron chi connectivity index (χ3n) is 2.76. The number of likely N-dealkylation sites (N-methyl/N-ethyl adjacent to an activating group) is 1. The first-order valence-corrected chi connectivity index (χ1v) is 6.21. The first-order chi connectivity index (χ1) is 9.43. The highest BCUT2D eigenvalue weighted by molar-refractivity contribution is 5.81. The number of methoxy groups -OCH3 is 1. The van der Waals surface area contributed by atoms with E-state index in [1.165, 1.54) is 4.90 Å². The lowest BCUT2D eigenvalue weighted by atomic mass is 10.3. The number of carbonyl (C=O) groups excluding carboxylic acids is 1. The summed E-state index contributed by atoms with van der Waals surface area (Å²) in [5.41, 5.74) is 0. The summed E-state index contributed by atoms with van der Waals surface area (Å²) in [6.45, 7) is 1.79. The first kappa shape index (κ1) is 15.8. The van der Waals surface area contributed by atoms with Crippen LogP contribution in [0.5, 0.6) is 11.5 Å². The van der Waals surface area contributed by atoms with Crippen LogP contribution in [0, 0.1) is 0 Å². The van der Waals surface area contributed by atoms with Gasteiger partial charge in [-0.25, -0.2) is 0 Å². The highest BCUT2D eigenvalue weighted by Gasteiger charge is 2.19. The lowest BCUT2D eigenvalue weighted by molar-refractivity contribution is -0.140. The van der Waals surface area contributed by atoms with Crippen LogP contribution in [-0.2, 0) is 9.59 Å². The number of benzene rings is 1. The van der Waals surface area contributed by atoms with E-state index < -0.39 is 12.1 Å². The lowest BCUT2D eigenvalue weighted by Crippen LogP contribution is -2.38. The van der Waals surface area contributed by atoms with Gasteiger partial charge in [0.2, 0.25) is 0 Å². The molecular formula is C14H19NO5. The van der Waals surface area contributed by atoms with Gasteiger partial charge in [0, 0.05) is 13.6 Å². The fourth-order valence-electron chi connectivity index (χ4n) is 1.59. The molecule has 1 atom stereocenters. The molecule has 1 N–H and O–H groups in total. The van der Waals surface area contributed by atoms with Gasteiger partial charge in [0.05, 0.1) is 13.5 Å². The van der Waals surface area contributed by atoms with Crippen LogP contribution in [-0.4, -0.2) is 48.7 Å². The molecule has 6 nitrogen and oxygen atoms in total. The van der Waals surface area contributed by atoms with E-state index in [4.69, 9.17) is 14.6 Å². The Morgan fingerprint density at radius 1 is 1.25 bits per heavy atom. The van der Waals surface area contributed by atoms with Crippen molar-refractivity contribution in [3.05, 3.63) is 24.3 Å². The van der Waals surface area contributed by atoms with Gasteiger partial charge >= 0.3 is 5.97 Å². The molecule has 0 saturated heterocycles. The monoisotopic (exact) mass is 281 g/mol. The minimum atomic E-state index is -0.937. The molecule has 1 aromatic rings. The number of carbonyl (C=O) groups is 2. The topological polar surface area (TPSA) is 76.1 Å². The van der Waals surface area contributed by atoms with Gasteiger partial charge in [-0.1, -0.05) is 0 Å². The molecule has 0 aliphatic carbocycles. The summed E-state index contributed by atoms with van der Waals surface area (Å²) < 4.78 is 10.5. The fraction of sp³-hybridized carbons (Fsp3) is 0.429. The number of hydrogen-bond donors (Lipinski definition) is 1. The smallest absolute Gasteiger partial charge is 0.305 e. The third kappa shape index (κ3) is 4.79. The van der Waals surface area contributed by atoms with Crippen LogP contribution in [0.3, 0.4) is 0 Å². The molecule has 1 unspecified atom stereocenters. The van der Waals surface area contributed by atoms with Gasteiger partial charge in [0.15, 0.2) is 6.10 Å². The Morgan fingerprint density at radius 2 is 1.80 bits per heavy atom. The summed E-state index contributed by atoms with van der Waals surface area (Å²) in [5.74, 6) is 0.0589. The number of carboxylic acid groups (broad SMARTS) is 1. The first-order valence-electron chi connectivity index (χ1n) is 6.21. The van der Waals surface area contributed by atoms with E-state index in [1.54, 1.807) is 45.3 Å². The number of amides is 1. The average molecular weight is 281 g/mol. The van der Waals surface area contributed by atoms with E-state index in [9.17, 15) is 9.59 Å². The van der Waals surface area contributed by atoms with Crippen molar-refractivity contribution in [2.24, 2.45) is 0 Å². The molecule has 0 fully saturated rings. The molecule has 0 aliphatic heterocycles. The second-order valence-corrected chi connectivity index (χ2v) is 4.34. The molecule has 0 heterocycles. The maximum Gasteiger partial charge on any atom is 0.305 e. The number of rotatable bonds is 7. The zero-order valence-corrected chi connectivity index (χ0v) is 11.8. The molecule has 1 amide bonds. The quantitative estimate of drug-likeness (QED) is 0.817. The minimum Gasteiger partial charge on any atom is -0.497 e. The zero-order chi connectivity index (χ0) is 15.1. The van der Waals surface area contributed by atoms with Crippen LogP contribution in [0.1, 0.15) is 13.3 Å². The molecule has 0 aromatic heterocycles. The largest absolute Gasteiger partial charge is 0.497 e.